The first-order chi connectivity index (χ1) is 18.8. The number of carbonyl (C=O) groups excluding carboxylic acids is 2. The molecule has 222 valence electrons. The van der Waals surface area contributed by atoms with E-state index < -0.39 is 34.9 Å². The van der Waals surface area contributed by atoms with Gasteiger partial charge < -0.3 is 20.4 Å². The zero-order valence-corrected chi connectivity index (χ0v) is 24.8. The number of likely N-dealkylation sites (tertiary alicyclic amines) is 1. The molecule has 10 heteroatoms. The van der Waals surface area contributed by atoms with Crippen molar-refractivity contribution >= 4 is 17.6 Å². The second kappa shape index (κ2) is 13.2. The van der Waals surface area contributed by atoms with Gasteiger partial charge in [0.2, 0.25) is 5.91 Å². The Morgan fingerprint density at radius 3 is 2.27 bits per heavy atom. The van der Waals surface area contributed by atoms with Gasteiger partial charge in [-0.3, -0.25) is 9.79 Å². The van der Waals surface area contributed by atoms with E-state index in [-0.39, 0.29) is 23.2 Å². The van der Waals surface area contributed by atoms with Crippen molar-refractivity contribution in [3.05, 3.63) is 46.4 Å². The molecule has 0 radical (unpaired) electrons. The predicted molar refractivity (Wildman–Crippen MR) is 152 cm³/mol. The van der Waals surface area contributed by atoms with Crippen LogP contribution in [-0.2, 0) is 4.79 Å². The number of nitrogens with one attached hydrogen (secondary N) is 2. The van der Waals surface area contributed by atoms with Gasteiger partial charge in [0.1, 0.15) is 11.9 Å². The normalized spacial score (nSPS) is 19.5. The number of rotatable bonds is 10. The van der Waals surface area contributed by atoms with Crippen molar-refractivity contribution < 1.29 is 22.8 Å². The summed E-state index contributed by atoms with van der Waals surface area (Å²) < 4.78 is 42.5. The van der Waals surface area contributed by atoms with E-state index in [1.807, 2.05) is 41.8 Å². The molecule has 40 heavy (non-hydrogen) atoms. The minimum Gasteiger partial charge on any atom is -0.339 e. The Morgan fingerprint density at radius 2 is 1.75 bits per heavy atom. The van der Waals surface area contributed by atoms with E-state index in [4.69, 9.17) is 0 Å². The van der Waals surface area contributed by atoms with Gasteiger partial charge in [0.25, 0.3) is 0 Å². The lowest BCUT2D eigenvalue weighted by atomic mass is 9.86. The first-order valence-electron chi connectivity index (χ1n) is 14.1. The third kappa shape index (κ3) is 7.86. The van der Waals surface area contributed by atoms with Crippen LogP contribution in [0.25, 0.3) is 0 Å². The molecule has 1 aromatic rings. The van der Waals surface area contributed by atoms with Crippen molar-refractivity contribution in [3.63, 3.8) is 0 Å². The third-order valence-corrected chi connectivity index (χ3v) is 7.85. The van der Waals surface area contributed by atoms with Gasteiger partial charge in [-0.2, -0.15) is 0 Å². The van der Waals surface area contributed by atoms with E-state index in [0.717, 1.165) is 31.7 Å². The molecule has 3 rings (SSSR count). The van der Waals surface area contributed by atoms with Crippen molar-refractivity contribution in [3.8, 4) is 0 Å². The number of halogens is 3. The number of allylic oxidation sites excluding steroid dienone is 2. The molecule has 2 N–H and O–H groups in total. The topological polar surface area (TPSA) is 77.0 Å². The number of likely N-dealkylation sites (N-methyl/N-ethyl adjacent to an activating group) is 1. The van der Waals surface area contributed by atoms with Gasteiger partial charge in [-0.1, -0.05) is 40.5 Å². The average Bonchev–Trinajstić information content (AvgIpc) is 3.57. The zero-order valence-electron chi connectivity index (χ0n) is 24.8. The molecule has 0 bridgehead atoms. The van der Waals surface area contributed by atoms with Crippen LogP contribution in [0.5, 0.6) is 0 Å². The number of benzene rings is 1. The number of amides is 3. The van der Waals surface area contributed by atoms with E-state index in [2.05, 4.69) is 20.5 Å². The molecule has 0 spiro atoms. The third-order valence-electron chi connectivity index (χ3n) is 7.85. The van der Waals surface area contributed by atoms with Crippen molar-refractivity contribution in [2.24, 2.45) is 16.3 Å². The van der Waals surface area contributed by atoms with Crippen LogP contribution in [0, 0.1) is 28.8 Å². The number of hydrogen-bond donors (Lipinski definition) is 2. The summed E-state index contributed by atoms with van der Waals surface area (Å²) >= 11 is 0. The molecule has 7 nitrogen and oxygen atoms in total. The van der Waals surface area contributed by atoms with Gasteiger partial charge >= 0.3 is 6.03 Å². The van der Waals surface area contributed by atoms with E-state index in [0.29, 0.717) is 49.2 Å². The molecular formula is C30H44F3N5O2. The molecule has 1 aliphatic carbocycles. The Kier molecular flexibility index (Phi) is 10.4. The summed E-state index contributed by atoms with van der Waals surface area (Å²) in [5.41, 5.74) is 0.499. The molecule has 1 saturated heterocycles. The van der Waals surface area contributed by atoms with Crippen LogP contribution < -0.4 is 10.6 Å². The molecule has 1 unspecified atom stereocenters. The van der Waals surface area contributed by atoms with E-state index in [1.165, 1.54) is 7.05 Å². The Labute approximate surface area is 236 Å². The fourth-order valence-corrected chi connectivity index (χ4v) is 5.19. The molecule has 3 amide bonds. The Bertz CT molecular complexity index is 1150. The summed E-state index contributed by atoms with van der Waals surface area (Å²) in [4.78, 5) is 35.1. The summed E-state index contributed by atoms with van der Waals surface area (Å²) in [7, 11) is 5.44. The molecule has 1 aliphatic heterocycles. The molecule has 0 aromatic heterocycles. The highest BCUT2D eigenvalue weighted by molar-refractivity contribution is 6.13. The summed E-state index contributed by atoms with van der Waals surface area (Å²) in [5, 5.41) is 5.84. The van der Waals surface area contributed by atoms with Gasteiger partial charge in [-0.15, -0.1) is 0 Å². The summed E-state index contributed by atoms with van der Waals surface area (Å²) in [6.07, 6.45) is 4.77. The molecule has 2 fully saturated rings. The predicted octanol–water partition coefficient (Wildman–Crippen LogP) is 5.25. The molecule has 1 aromatic carbocycles. The van der Waals surface area contributed by atoms with Gasteiger partial charge in [0.15, 0.2) is 11.6 Å². The number of nitrogens with zero attached hydrogens (tertiary/aromatic N) is 3. The quantitative estimate of drug-likeness (QED) is 0.302. The van der Waals surface area contributed by atoms with Crippen molar-refractivity contribution in [1.82, 2.24) is 20.4 Å². The average molecular weight is 564 g/mol. The van der Waals surface area contributed by atoms with Gasteiger partial charge in [-0.25, -0.2) is 18.0 Å². The maximum Gasteiger partial charge on any atom is 0.319 e. The van der Waals surface area contributed by atoms with Crippen LogP contribution in [0.15, 0.2) is 28.4 Å². The van der Waals surface area contributed by atoms with Crippen LogP contribution in [0.4, 0.5) is 18.0 Å². The molecule has 2 aliphatic rings. The highest BCUT2D eigenvalue weighted by atomic mass is 19.2. The zero-order chi connectivity index (χ0) is 29.8. The molecule has 1 saturated carbocycles. The lowest BCUT2D eigenvalue weighted by molar-refractivity contribution is -0.134. The minimum absolute atomic E-state index is 0.133. The van der Waals surface area contributed by atoms with Crippen molar-refractivity contribution in [1.29, 1.82) is 0 Å². The first-order valence-corrected chi connectivity index (χ1v) is 14.1. The Balaban J connectivity index is 1.89. The molecule has 1 heterocycles. The fourth-order valence-electron chi connectivity index (χ4n) is 5.19. The van der Waals surface area contributed by atoms with Crippen LogP contribution in [0.2, 0.25) is 0 Å². The number of hydrogen-bond acceptors (Lipinski definition) is 4. The van der Waals surface area contributed by atoms with Gasteiger partial charge in [0, 0.05) is 43.5 Å². The second-order valence-corrected chi connectivity index (χ2v) is 12.2. The van der Waals surface area contributed by atoms with Crippen molar-refractivity contribution in [2.45, 2.75) is 78.3 Å². The van der Waals surface area contributed by atoms with Crippen LogP contribution in [0.1, 0.15) is 71.8 Å². The summed E-state index contributed by atoms with van der Waals surface area (Å²) in [6.45, 7) is 8.79. The van der Waals surface area contributed by atoms with E-state index in [9.17, 15) is 22.8 Å². The lowest BCUT2D eigenvalue weighted by Gasteiger charge is -2.34. The van der Waals surface area contributed by atoms with Gasteiger partial charge in [-0.05, 0) is 62.8 Å². The Hall–Kier alpha value is -2.88. The van der Waals surface area contributed by atoms with Crippen LogP contribution >= 0.6 is 0 Å². The summed E-state index contributed by atoms with van der Waals surface area (Å²) in [5.74, 6) is -2.98. The summed E-state index contributed by atoms with van der Waals surface area (Å²) in [6, 6.07) is 0.255. The lowest BCUT2D eigenvalue weighted by Crippen LogP contribution is -2.56. The largest absolute Gasteiger partial charge is 0.339 e. The van der Waals surface area contributed by atoms with Crippen LogP contribution in [0.3, 0.4) is 0 Å². The van der Waals surface area contributed by atoms with Gasteiger partial charge in [0.05, 0.1) is 5.71 Å². The SMILES string of the molecule is CC/C(C(=NC)c1cc(F)c(F)cc1F)=C(\CCC1CC1)NC(=O)N[C@H](C(=O)N1CCC(N(C)C)C1)C(C)(C)C. The van der Waals surface area contributed by atoms with Crippen molar-refractivity contribution in [2.75, 3.05) is 34.2 Å². The van der Waals surface area contributed by atoms with E-state index >= 15 is 0 Å². The van der Waals surface area contributed by atoms with E-state index in [1.54, 1.807) is 4.90 Å². The Morgan fingerprint density at radius 1 is 1.10 bits per heavy atom. The van der Waals surface area contributed by atoms with Crippen LogP contribution in [-0.4, -0.2) is 73.8 Å². The number of aliphatic imine (C=N–C) groups is 1. The maximum atomic E-state index is 14.8. The highest BCUT2D eigenvalue weighted by Crippen LogP contribution is 2.35. The molecular weight excluding hydrogens is 519 g/mol. The maximum absolute atomic E-state index is 14.8. The number of carbonyl (C=O) groups is 2. The number of urea groups is 1. The first kappa shape index (κ1) is 31.6. The highest BCUT2D eigenvalue weighted by Gasteiger charge is 2.39. The minimum atomic E-state index is -1.28. The fraction of sp³-hybridized carbons (Fsp3) is 0.633. The standard InChI is InChI=1S/C30H44F3N5O2/c1-8-20(26(34-5)21-15-23(32)24(33)16-22(21)31)25(12-11-18-9-10-18)35-29(40)36-27(30(2,3)4)28(39)38-14-13-19(17-38)37(6)7/h15-16,18-19,27H,8-14,17H2,1-7H3,(H2,35,36,40)/b25-20-,34-26?/t19?,27-/m1/s1. The smallest absolute Gasteiger partial charge is 0.319 e. The molecule has 2 atom stereocenters. The monoisotopic (exact) mass is 563 g/mol. The second-order valence-electron chi connectivity index (χ2n) is 12.2.